The Bertz CT molecular complexity index is 321. The van der Waals surface area contributed by atoms with Crippen LogP contribution in [-0.2, 0) is 4.74 Å². The van der Waals surface area contributed by atoms with Gasteiger partial charge in [-0.05, 0) is 13.3 Å². The van der Waals surface area contributed by atoms with Crippen LogP contribution in [0, 0.1) is 6.92 Å². The van der Waals surface area contributed by atoms with E-state index in [4.69, 9.17) is 21.1 Å². The van der Waals surface area contributed by atoms with Crippen LogP contribution in [0.25, 0.3) is 0 Å². The van der Waals surface area contributed by atoms with Crippen molar-refractivity contribution >= 4 is 11.6 Å². The first kappa shape index (κ1) is 13.2. The van der Waals surface area contributed by atoms with Gasteiger partial charge in [-0.2, -0.15) is 0 Å². The number of nitrogens with zero attached hydrogens (tertiary/aromatic N) is 2. The molecular weight excluding hydrogens is 228 g/mol. The van der Waals surface area contributed by atoms with Gasteiger partial charge in [0.15, 0.2) is 0 Å². The number of aromatic nitrogens is 2. The molecule has 0 N–H and O–H groups in total. The van der Waals surface area contributed by atoms with Crippen LogP contribution in [0.2, 0.25) is 5.15 Å². The Morgan fingerprint density at radius 3 is 2.81 bits per heavy atom. The predicted octanol–water partition coefficient (Wildman–Crippen LogP) is 2.63. The van der Waals surface area contributed by atoms with E-state index in [1.807, 2.05) is 6.92 Å². The van der Waals surface area contributed by atoms with E-state index in [0.29, 0.717) is 24.2 Å². The summed E-state index contributed by atoms with van der Waals surface area (Å²) in [6.45, 7) is 5.80. The summed E-state index contributed by atoms with van der Waals surface area (Å²) in [5, 5.41) is 0.428. The fourth-order valence-electron chi connectivity index (χ4n) is 1.11. The van der Waals surface area contributed by atoms with Crippen molar-refractivity contribution in [1.82, 2.24) is 9.97 Å². The second kappa shape index (κ2) is 7.41. The quantitative estimate of drug-likeness (QED) is 0.546. The highest BCUT2D eigenvalue weighted by atomic mass is 35.5. The zero-order valence-corrected chi connectivity index (χ0v) is 10.5. The molecule has 0 bridgehead atoms. The number of unbranched alkanes of at least 4 members (excludes halogenated alkanes) is 1. The van der Waals surface area contributed by atoms with Crippen molar-refractivity contribution in [2.75, 3.05) is 19.8 Å². The third kappa shape index (κ3) is 4.33. The van der Waals surface area contributed by atoms with Gasteiger partial charge in [-0.3, -0.25) is 0 Å². The Balaban J connectivity index is 2.24. The molecule has 0 amide bonds. The maximum atomic E-state index is 5.83. The molecule has 4 nitrogen and oxygen atoms in total. The Morgan fingerprint density at radius 1 is 1.25 bits per heavy atom. The van der Waals surface area contributed by atoms with Crippen LogP contribution < -0.4 is 4.74 Å². The Morgan fingerprint density at radius 2 is 2.06 bits per heavy atom. The molecule has 0 radical (unpaired) electrons. The highest BCUT2D eigenvalue weighted by Crippen LogP contribution is 2.19. The first-order valence-corrected chi connectivity index (χ1v) is 5.81. The Hall–Kier alpha value is -0.870. The molecule has 0 unspecified atom stereocenters. The lowest BCUT2D eigenvalue weighted by molar-refractivity contribution is 0.0962. The summed E-state index contributed by atoms with van der Waals surface area (Å²) in [5.74, 6) is 0.527. The van der Waals surface area contributed by atoms with Crippen molar-refractivity contribution in [3.8, 4) is 5.88 Å². The van der Waals surface area contributed by atoms with Crippen LogP contribution in [0.1, 0.15) is 25.3 Å². The van der Waals surface area contributed by atoms with E-state index in [1.165, 1.54) is 6.33 Å². The van der Waals surface area contributed by atoms with Gasteiger partial charge in [-0.1, -0.05) is 24.9 Å². The minimum absolute atomic E-state index is 0.428. The second-order valence-corrected chi connectivity index (χ2v) is 3.77. The van der Waals surface area contributed by atoms with E-state index >= 15 is 0 Å². The monoisotopic (exact) mass is 244 g/mol. The van der Waals surface area contributed by atoms with Crippen LogP contribution in [0.3, 0.4) is 0 Å². The molecule has 0 aromatic carbocycles. The van der Waals surface area contributed by atoms with Gasteiger partial charge < -0.3 is 9.47 Å². The van der Waals surface area contributed by atoms with Crippen LogP contribution in [-0.4, -0.2) is 29.8 Å². The summed E-state index contributed by atoms with van der Waals surface area (Å²) >= 11 is 5.83. The average molecular weight is 245 g/mol. The molecule has 90 valence electrons. The van der Waals surface area contributed by atoms with E-state index in [-0.39, 0.29) is 0 Å². The summed E-state index contributed by atoms with van der Waals surface area (Å²) in [6.07, 6.45) is 3.61. The van der Waals surface area contributed by atoms with E-state index in [9.17, 15) is 0 Å². The van der Waals surface area contributed by atoms with Crippen molar-refractivity contribution in [1.29, 1.82) is 0 Å². The molecule has 1 heterocycles. The third-order valence-corrected chi connectivity index (χ3v) is 2.47. The van der Waals surface area contributed by atoms with Crippen LogP contribution in [0.5, 0.6) is 5.88 Å². The predicted molar refractivity (Wildman–Crippen MR) is 63.0 cm³/mol. The van der Waals surface area contributed by atoms with E-state index < -0.39 is 0 Å². The first-order chi connectivity index (χ1) is 7.75. The topological polar surface area (TPSA) is 44.2 Å². The number of ether oxygens (including phenoxy) is 2. The average Bonchev–Trinajstić information content (AvgIpc) is 2.29. The summed E-state index contributed by atoms with van der Waals surface area (Å²) in [5.41, 5.74) is 0.762. The highest BCUT2D eigenvalue weighted by molar-refractivity contribution is 6.30. The van der Waals surface area contributed by atoms with E-state index in [1.54, 1.807) is 0 Å². The SMILES string of the molecule is CCCCOCCOc1ncnc(Cl)c1C. The number of hydrogen-bond acceptors (Lipinski definition) is 4. The second-order valence-electron chi connectivity index (χ2n) is 3.41. The molecule has 0 spiro atoms. The van der Waals surface area contributed by atoms with Gasteiger partial charge in [0.25, 0.3) is 0 Å². The summed E-state index contributed by atoms with van der Waals surface area (Å²) in [7, 11) is 0. The summed E-state index contributed by atoms with van der Waals surface area (Å²) < 4.78 is 10.8. The molecular formula is C11H17ClN2O2. The number of halogens is 1. The van der Waals surface area contributed by atoms with Crippen LogP contribution in [0.15, 0.2) is 6.33 Å². The fraction of sp³-hybridized carbons (Fsp3) is 0.636. The zero-order valence-electron chi connectivity index (χ0n) is 9.70. The largest absolute Gasteiger partial charge is 0.475 e. The summed E-state index contributed by atoms with van der Waals surface area (Å²) in [6, 6.07) is 0. The van der Waals surface area contributed by atoms with Crippen molar-refractivity contribution in [2.24, 2.45) is 0 Å². The normalized spacial score (nSPS) is 10.4. The van der Waals surface area contributed by atoms with Crippen molar-refractivity contribution in [3.63, 3.8) is 0 Å². The summed E-state index contributed by atoms with van der Waals surface area (Å²) in [4.78, 5) is 7.85. The third-order valence-electron chi connectivity index (χ3n) is 2.08. The standard InChI is InChI=1S/C11H17ClN2O2/c1-3-4-5-15-6-7-16-11-9(2)10(12)13-8-14-11/h8H,3-7H2,1-2H3. The van der Waals surface area contributed by atoms with Gasteiger partial charge in [0.1, 0.15) is 18.1 Å². The van der Waals surface area contributed by atoms with E-state index in [2.05, 4.69) is 16.9 Å². The van der Waals surface area contributed by atoms with Gasteiger partial charge in [-0.25, -0.2) is 9.97 Å². The van der Waals surface area contributed by atoms with Crippen LogP contribution >= 0.6 is 11.6 Å². The van der Waals surface area contributed by atoms with Gasteiger partial charge >= 0.3 is 0 Å². The molecule has 0 atom stereocenters. The molecule has 1 aromatic heterocycles. The molecule has 16 heavy (non-hydrogen) atoms. The zero-order chi connectivity index (χ0) is 11.8. The Labute approximate surface area is 101 Å². The van der Waals surface area contributed by atoms with Crippen molar-refractivity contribution in [3.05, 3.63) is 17.0 Å². The molecule has 0 aliphatic heterocycles. The lowest BCUT2D eigenvalue weighted by Gasteiger charge is -2.08. The number of rotatable bonds is 7. The molecule has 0 saturated carbocycles. The Kier molecular flexibility index (Phi) is 6.11. The lowest BCUT2D eigenvalue weighted by Crippen LogP contribution is -2.09. The lowest BCUT2D eigenvalue weighted by atomic mass is 10.4. The van der Waals surface area contributed by atoms with Gasteiger partial charge in [0, 0.05) is 12.2 Å². The fourth-order valence-corrected chi connectivity index (χ4v) is 1.23. The minimum atomic E-state index is 0.428. The van der Waals surface area contributed by atoms with Crippen molar-refractivity contribution in [2.45, 2.75) is 26.7 Å². The smallest absolute Gasteiger partial charge is 0.220 e. The van der Waals surface area contributed by atoms with Crippen LogP contribution in [0.4, 0.5) is 0 Å². The van der Waals surface area contributed by atoms with Crippen molar-refractivity contribution < 1.29 is 9.47 Å². The molecule has 1 aromatic rings. The molecule has 0 aliphatic rings. The number of hydrogen-bond donors (Lipinski definition) is 0. The van der Waals surface area contributed by atoms with Gasteiger partial charge in [0.2, 0.25) is 5.88 Å². The molecule has 0 saturated heterocycles. The maximum Gasteiger partial charge on any atom is 0.220 e. The molecule has 0 fully saturated rings. The van der Waals surface area contributed by atoms with Gasteiger partial charge in [0.05, 0.1) is 6.61 Å². The molecule has 0 aliphatic carbocycles. The minimum Gasteiger partial charge on any atom is -0.475 e. The first-order valence-electron chi connectivity index (χ1n) is 5.43. The highest BCUT2D eigenvalue weighted by Gasteiger charge is 2.05. The van der Waals surface area contributed by atoms with E-state index in [0.717, 1.165) is 25.0 Å². The molecule has 5 heteroatoms. The van der Waals surface area contributed by atoms with Gasteiger partial charge in [-0.15, -0.1) is 0 Å². The maximum absolute atomic E-state index is 5.83. The molecule has 1 rings (SSSR count).